The number of ether oxygens (including phenoxy) is 1. The molecule has 1 fully saturated rings. The van der Waals surface area contributed by atoms with Crippen molar-refractivity contribution in [3.8, 4) is 5.75 Å². The Bertz CT molecular complexity index is 646. The first-order chi connectivity index (χ1) is 10.3. The zero-order valence-corrected chi connectivity index (χ0v) is 12.2. The molecule has 2 aliphatic rings. The van der Waals surface area contributed by atoms with Crippen LogP contribution in [0.5, 0.6) is 5.75 Å². The molecule has 0 radical (unpaired) electrons. The molecule has 0 spiro atoms. The molecule has 2 nitrogen and oxygen atoms in total. The molecule has 2 aromatic carbocycles. The van der Waals surface area contributed by atoms with Crippen LogP contribution in [0.4, 0.5) is 0 Å². The summed E-state index contributed by atoms with van der Waals surface area (Å²) in [5, 5.41) is 0. The molecule has 2 heteroatoms. The lowest BCUT2D eigenvalue weighted by molar-refractivity contribution is 0.268. The first-order valence-corrected chi connectivity index (χ1v) is 7.86. The minimum Gasteiger partial charge on any atom is -0.493 e. The third-order valence-electron chi connectivity index (χ3n) is 5.09. The molecule has 1 saturated carbocycles. The lowest BCUT2D eigenvalue weighted by atomic mass is 9.85. The van der Waals surface area contributed by atoms with Crippen LogP contribution in [0.2, 0.25) is 0 Å². The molecule has 2 N–H and O–H groups in total. The van der Waals surface area contributed by atoms with E-state index in [4.69, 9.17) is 10.5 Å². The average Bonchev–Trinajstić information content (AvgIpc) is 3.36. The highest BCUT2D eigenvalue weighted by atomic mass is 16.5. The highest BCUT2D eigenvalue weighted by molar-refractivity contribution is 5.50. The van der Waals surface area contributed by atoms with Gasteiger partial charge in [0.05, 0.1) is 6.61 Å². The Morgan fingerprint density at radius 1 is 1.05 bits per heavy atom. The number of hydrogen-bond donors (Lipinski definition) is 1. The van der Waals surface area contributed by atoms with E-state index in [9.17, 15) is 0 Å². The second-order valence-electron chi connectivity index (χ2n) is 6.27. The molecule has 1 aliphatic carbocycles. The van der Waals surface area contributed by atoms with Gasteiger partial charge in [0.25, 0.3) is 0 Å². The molecule has 0 bridgehead atoms. The molecule has 0 aromatic heterocycles. The maximum Gasteiger partial charge on any atom is 0.123 e. The highest BCUT2D eigenvalue weighted by Gasteiger charge is 2.46. The predicted octanol–water partition coefficient (Wildman–Crippen LogP) is 3.59. The van der Waals surface area contributed by atoms with Crippen LogP contribution in [0.25, 0.3) is 0 Å². The number of rotatable bonds is 3. The summed E-state index contributed by atoms with van der Waals surface area (Å²) in [5.74, 6) is 1.51. The van der Waals surface area contributed by atoms with E-state index in [1.807, 2.05) is 0 Å². The van der Waals surface area contributed by atoms with Gasteiger partial charge in [-0.15, -0.1) is 0 Å². The first kappa shape index (κ1) is 12.9. The fourth-order valence-corrected chi connectivity index (χ4v) is 3.63. The number of hydrogen-bond acceptors (Lipinski definition) is 2. The van der Waals surface area contributed by atoms with E-state index in [0.29, 0.717) is 12.5 Å². The third kappa shape index (κ3) is 2.06. The van der Waals surface area contributed by atoms with E-state index < -0.39 is 0 Å². The minimum atomic E-state index is 0.218. The summed E-state index contributed by atoms with van der Waals surface area (Å²) in [7, 11) is 0. The quantitative estimate of drug-likeness (QED) is 0.932. The van der Waals surface area contributed by atoms with Crippen molar-refractivity contribution in [2.45, 2.75) is 30.6 Å². The molecule has 1 heterocycles. The van der Waals surface area contributed by atoms with Crippen molar-refractivity contribution >= 4 is 0 Å². The van der Waals surface area contributed by atoms with Crippen LogP contribution in [-0.4, -0.2) is 13.2 Å². The summed E-state index contributed by atoms with van der Waals surface area (Å²) in [6.45, 7) is 1.50. The standard InChI is InChI=1S/C19H21NO/c20-13-14-8-11-21-18-12-16(6-7-17(14)18)19(9-10-19)15-4-2-1-3-5-15/h1-7,12,14H,8-11,13,20H2/t14-/m0/s1. The van der Waals surface area contributed by atoms with Crippen molar-refractivity contribution < 1.29 is 4.74 Å². The van der Waals surface area contributed by atoms with Gasteiger partial charge < -0.3 is 10.5 Å². The maximum absolute atomic E-state index is 5.90. The van der Waals surface area contributed by atoms with E-state index in [1.54, 1.807) is 0 Å². The number of nitrogens with two attached hydrogens (primary N) is 1. The summed E-state index contributed by atoms with van der Waals surface area (Å²) >= 11 is 0. The van der Waals surface area contributed by atoms with Crippen LogP contribution in [0, 0.1) is 0 Å². The zero-order valence-electron chi connectivity index (χ0n) is 12.2. The summed E-state index contributed by atoms with van der Waals surface area (Å²) in [6, 6.07) is 17.6. The van der Waals surface area contributed by atoms with Crippen LogP contribution in [-0.2, 0) is 5.41 Å². The molecule has 0 amide bonds. The van der Waals surface area contributed by atoms with Crippen LogP contribution in [0.1, 0.15) is 41.9 Å². The van der Waals surface area contributed by atoms with Gasteiger partial charge in [-0.2, -0.15) is 0 Å². The lowest BCUT2D eigenvalue weighted by Gasteiger charge is -2.27. The van der Waals surface area contributed by atoms with Gasteiger partial charge in [0.1, 0.15) is 5.75 Å². The smallest absolute Gasteiger partial charge is 0.123 e. The van der Waals surface area contributed by atoms with Crippen molar-refractivity contribution in [1.29, 1.82) is 0 Å². The molecular weight excluding hydrogens is 258 g/mol. The Morgan fingerprint density at radius 2 is 1.86 bits per heavy atom. The van der Waals surface area contributed by atoms with E-state index in [1.165, 1.54) is 29.5 Å². The molecule has 2 aromatic rings. The Balaban J connectivity index is 1.74. The average molecular weight is 279 g/mol. The van der Waals surface area contributed by atoms with Crippen molar-refractivity contribution in [2.24, 2.45) is 5.73 Å². The molecular formula is C19H21NO. The van der Waals surface area contributed by atoms with Crippen molar-refractivity contribution in [3.63, 3.8) is 0 Å². The van der Waals surface area contributed by atoms with Crippen LogP contribution >= 0.6 is 0 Å². The third-order valence-corrected chi connectivity index (χ3v) is 5.09. The van der Waals surface area contributed by atoms with Crippen molar-refractivity contribution in [2.75, 3.05) is 13.2 Å². The molecule has 4 rings (SSSR count). The molecule has 0 unspecified atom stereocenters. The topological polar surface area (TPSA) is 35.2 Å². The van der Waals surface area contributed by atoms with Gasteiger partial charge in [-0.1, -0.05) is 42.5 Å². The van der Waals surface area contributed by atoms with Gasteiger partial charge >= 0.3 is 0 Å². The van der Waals surface area contributed by atoms with E-state index in [0.717, 1.165) is 18.8 Å². The predicted molar refractivity (Wildman–Crippen MR) is 84.8 cm³/mol. The number of benzene rings is 2. The number of fused-ring (bicyclic) bond motifs is 1. The highest BCUT2D eigenvalue weighted by Crippen LogP contribution is 2.54. The van der Waals surface area contributed by atoms with Gasteiger partial charge in [0.2, 0.25) is 0 Å². The Kier molecular flexibility index (Phi) is 3.00. The van der Waals surface area contributed by atoms with Crippen molar-refractivity contribution in [1.82, 2.24) is 0 Å². The molecule has 21 heavy (non-hydrogen) atoms. The van der Waals surface area contributed by atoms with Crippen molar-refractivity contribution in [3.05, 3.63) is 65.2 Å². The normalized spacial score (nSPS) is 22.2. The van der Waals surface area contributed by atoms with Gasteiger partial charge in [-0.25, -0.2) is 0 Å². The van der Waals surface area contributed by atoms with Crippen LogP contribution in [0.3, 0.4) is 0 Å². The molecule has 1 aliphatic heterocycles. The van der Waals surface area contributed by atoms with Gasteiger partial charge in [-0.3, -0.25) is 0 Å². The van der Waals surface area contributed by atoms with Gasteiger partial charge in [0.15, 0.2) is 0 Å². The Hall–Kier alpha value is -1.80. The van der Waals surface area contributed by atoms with Gasteiger partial charge in [-0.05, 0) is 48.6 Å². The van der Waals surface area contributed by atoms with Crippen LogP contribution in [0.15, 0.2) is 48.5 Å². The zero-order chi connectivity index (χ0) is 14.3. The monoisotopic (exact) mass is 279 g/mol. The lowest BCUT2D eigenvalue weighted by Crippen LogP contribution is -2.21. The SMILES string of the molecule is NC[C@@H]1CCOc2cc(C3(c4ccccc4)CC3)ccc21. The molecule has 108 valence electrons. The summed E-state index contributed by atoms with van der Waals surface area (Å²) < 4.78 is 5.90. The Morgan fingerprint density at radius 3 is 2.57 bits per heavy atom. The molecule has 1 atom stereocenters. The van der Waals surface area contributed by atoms with E-state index >= 15 is 0 Å². The van der Waals surface area contributed by atoms with E-state index in [2.05, 4.69) is 48.5 Å². The summed E-state index contributed by atoms with van der Waals surface area (Å²) in [6.07, 6.45) is 3.50. The first-order valence-electron chi connectivity index (χ1n) is 7.86. The second-order valence-corrected chi connectivity index (χ2v) is 6.27. The fraction of sp³-hybridized carbons (Fsp3) is 0.368. The minimum absolute atomic E-state index is 0.218. The fourth-order valence-electron chi connectivity index (χ4n) is 3.63. The summed E-state index contributed by atoms with van der Waals surface area (Å²) in [5.41, 5.74) is 10.2. The molecule has 0 saturated heterocycles. The van der Waals surface area contributed by atoms with Crippen LogP contribution < -0.4 is 10.5 Å². The van der Waals surface area contributed by atoms with E-state index in [-0.39, 0.29) is 5.41 Å². The Labute approximate surface area is 125 Å². The second kappa shape index (κ2) is 4.88. The summed E-state index contributed by atoms with van der Waals surface area (Å²) in [4.78, 5) is 0. The maximum atomic E-state index is 5.90. The van der Waals surface area contributed by atoms with Gasteiger partial charge in [0, 0.05) is 11.3 Å². The largest absolute Gasteiger partial charge is 0.493 e.